The Morgan fingerprint density at radius 3 is 2.68 bits per heavy atom. The molecule has 7 heteroatoms. The second-order valence-electron chi connectivity index (χ2n) is 4.34. The summed E-state index contributed by atoms with van der Waals surface area (Å²) >= 11 is 0.434. The standard InChI is InChI=1S/C12H17F2NO3S/c1-7(2)9(5-16)15-11(17)10-4-3-8(18-10)6-19-12(13)14/h3-4,7,9,12,16H,5-6H2,1-2H3,(H,15,17). The second-order valence-corrected chi connectivity index (χ2v) is 5.32. The quantitative estimate of drug-likeness (QED) is 0.810. The minimum absolute atomic E-state index is 0.0125. The van der Waals surface area contributed by atoms with Gasteiger partial charge in [0.15, 0.2) is 5.76 Å². The molecule has 19 heavy (non-hydrogen) atoms. The number of thioether (sulfide) groups is 1. The van der Waals surface area contributed by atoms with Crippen LogP contribution in [0.25, 0.3) is 0 Å². The molecule has 0 aliphatic carbocycles. The molecule has 0 fully saturated rings. The van der Waals surface area contributed by atoms with E-state index in [0.29, 0.717) is 17.5 Å². The van der Waals surface area contributed by atoms with Gasteiger partial charge in [-0.25, -0.2) is 0 Å². The number of carbonyl (C=O) groups is 1. The van der Waals surface area contributed by atoms with Crippen LogP contribution >= 0.6 is 11.8 Å². The molecule has 0 saturated carbocycles. The zero-order valence-electron chi connectivity index (χ0n) is 10.7. The highest BCUT2D eigenvalue weighted by molar-refractivity contribution is 7.98. The van der Waals surface area contributed by atoms with Crippen molar-refractivity contribution < 1.29 is 23.1 Å². The van der Waals surface area contributed by atoms with E-state index in [1.807, 2.05) is 13.8 Å². The van der Waals surface area contributed by atoms with Gasteiger partial charge in [-0.15, -0.1) is 0 Å². The number of rotatable bonds is 7. The minimum Gasteiger partial charge on any atom is -0.455 e. The van der Waals surface area contributed by atoms with Gasteiger partial charge in [0.2, 0.25) is 0 Å². The first-order valence-corrected chi connectivity index (χ1v) is 6.89. The summed E-state index contributed by atoms with van der Waals surface area (Å²) < 4.78 is 29.2. The number of carbonyl (C=O) groups excluding carboxylic acids is 1. The summed E-state index contributed by atoms with van der Waals surface area (Å²) in [6, 6.07) is 2.57. The highest BCUT2D eigenvalue weighted by Gasteiger charge is 2.18. The van der Waals surface area contributed by atoms with Crippen molar-refractivity contribution in [3.05, 3.63) is 23.7 Å². The molecule has 0 radical (unpaired) electrons. The summed E-state index contributed by atoms with van der Waals surface area (Å²) in [6.07, 6.45) is 0. The van der Waals surface area contributed by atoms with E-state index in [1.165, 1.54) is 12.1 Å². The zero-order valence-corrected chi connectivity index (χ0v) is 11.5. The van der Waals surface area contributed by atoms with E-state index in [1.54, 1.807) is 0 Å². The molecule has 2 N–H and O–H groups in total. The third-order valence-electron chi connectivity index (χ3n) is 2.55. The van der Waals surface area contributed by atoms with Crippen molar-refractivity contribution >= 4 is 17.7 Å². The van der Waals surface area contributed by atoms with Gasteiger partial charge >= 0.3 is 0 Å². The van der Waals surface area contributed by atoms with Gasteiger partial charge < -0.3 is 14.8 Å². The van der Waals surface area contributed by atoms with Crippen LogP contribution in [0.3, 0.4) is 0 Å². The van der Waals surface area contributed by atoms with Gasteiger partial charge in [0.25, 0.3) is 11.7 Å². The van der Waals surface area contributed by atoms with E-state index < -0.39 is 11.7 Å². The van der Waals surface area contributed by atoms with Crippen LogP contribution in [-0.2, 0) is 5.75 Å². The molecule has 0 bridgehead atoms. The van der Waals surface area contributed by atoms with Gasteiger partial charge in [0.1, 0.15) is 5.76 Å². The van der Waals surface area contributed by atoms with Crippen LogP contribution in [0.1, 0.15) is 30.2 Å². The molecular weight excluding hydrogens is 276 g/mol. The molecular formula is C12H17F2NO3S. The molecule has 1 amide bonds. The maximum atomic E-state index is 12.0. The number of furan rings is 1. The Kier molecular flexibility index (Phi) is 6.30. The van der Waals surface area contributed by atoms with Gasteiger partial charge in [-0.2, -0.15) is 8.78 Å². The average Bonchev–Trinajstić information content (AvgIpc) is 2.81. The maximum absolute atomic E-state index is 12.0. The fourth-order valence-corrected chi connectivity index (χ4v) is 1.83. The van der Waals surface area contributed by atoms with E-state index in [9.17, 15) is 13.6 Å². The van der Waals surface area contributed by atoms with Crippen LogP contribution in [0, 0.1) is 5.92 Å². The number of hydrogen-bond acceptors (Lipinski definition) is 4. The molecule has 0 aromatic carbocycles. The van der Waals surface area contributed by atoms with E-state index in [-0.39, 0.29) is 30.1 Å². The monoisotopic (exact) mass is 293 g/mol. The van der Waals surface area contributed by atoms with Crippen LogP contribution < -0.4 is 5.32 Å². The summed E-state index contributed by atoms with van der Waals surface area (Å²) in [5.41, 5.74) is 0. The Hall–Kier alpha value is -1.08. The highest BCUT2D eigenvalue weighted by Crippen LogP contribution is 2.21. The van der Waals surface area contributed by atoms with Gasteiger partial charge in [0, 0.05) is 0 Å². The zero-order chi connectivity index (χ0) is 14.4. The molecule has 108 valence electrons. The van der Waals surface area contributed by atoms with Crippen LogP contribution in [0.4, 0.5) is 8.78 Å². The first-order chi connectivity index (χ1) is 8.93. The van der Waals surface area contributed by atoms with Crippen LogP contribution in [0.15, 0.2) is 16.5 Å². The molecule has 1 unspecified atom stereocenters. The normalized spacial score (nSPS) is 13.0. The van der Waals surface area contributed by atoms with Crippen molar-refractivity contribution in [3.63, 3.8) is 0 Å². The molecule has 1 rings (SSSR count). The first kappa shape index (κ1) is 16.0. The van der Waals surface area contributed by atoms with Crippen molar-refractivity contribution in [2.75, 3.05) is 6.61 Å². The lowest BCUT2D eigenvalue weighted by atomic mass is 10.1. The Morgan fingerprint density at radius 2 is 2.16 bits per heavy atom. The van der Waals surface area contributed by atoms with Crippen molar-refractivity contribution in [3.8, 4) is 0 Å². The fraction of sp³-hybridized carbons (Fsp3) is 0.583. The van der Waals surface area contributed by atoms with Crippen molar-refractivity contribution in [2.24, 2.45) is 5.92 Å². The molecule has 0 spiro atoms. The number of nitrogens with one attached hydrogen (secondary N) is 1. The highest BCUT2D eigenvalue weighted by atomic mass is 32.2. The smallest absolute Gasteiger partial charge is 0.287 e. The number of aliphatic hydroxyl groups is 1. The lowest BCUT2D eigenvalue weighted by Gasteiger charge is -2.18. The predicted molar refractivity (Wildman–Crippen MR) is 69.2 cm³/mol. The largest absolute Gasteiger partial charge is 0.455 e. The molecule has 0 saturated heterocycles. The number of aliphatic hydroxyl groups excluding tert-OH is 1. The Balaban J connectivity index is 2.58. The van der Waals surface area contributed by atoms with Crippen LogP contribution in [0.2, 0.25) is 0 Å². The lowest BCUT2D eigenvalue weighted by molar-refractivity contribution is 0.0867. The van der Waals surface area contributed by atoms with E-state index in [4.69, 9.17) is 9.52 Å². The Labute approximate surface area is 114 Å². The summed E-state index contributed by atoms with van der Waals surface area (Å²) in [7, 11) is 0. The molecule has 1 atom stereocenters. The average molecular weight is 293 g/mol. The fourth-order valence-electron chi connectivity index (χ4n) is 1.39. The molecule has 1 aromatic heterocycles. The van der Waals surface area contributed by atoms with Crippen molar-refractivity contribution in [1.29, 1.82) is 0 Å². The molecule has 0 aliphatic heterocycles. The predicted octanol–water partition coefficient (Wildman–Crippen LogP) is 2.48. The first-order valence-electron chi connectivity index (χ1n) is 5.84. The van der Waals surface area contributed by atoms with E-state index in [0.717, 1.165) is 0 Å². The van der Waals surface area contributed by atoms with Crippen LogP contribution in [0.5, 0.6) is 0 Å². The molecule has 0 aliphatic rings. The minimum atomic E-state index is -2.47. The SMILES string of the molecule is CC(C)C(CO)NC(=O)c1ccc(CSC(F)F)o1. The van der Waals surface area contributed by atoms with E-state index in [2.05, 4.69) is 5.32 Å². The third kappa shape index (κ3) is 5.20. The number of amides is 1. The molecule has 1 heterocycles. The second kappa shape index (κ2) is 7.49. The van der Waals surface area contributed by atoms with E-state index >= 15 is 0 Å². The van der Waals surface area contributed by atoms with Gasteiger partial charge in [-0.1, -0.05) is 25.6 Å². The number of hydrogen-bond donors (Lipinski definition) is 2. The van der Waals surface area contributed by atoms with Crippen molar-refractivity contribution in [2.45, 2.75) is 31.4 Å². The number of alkyl halides is 2. The van der Waals surface area contributed by atoms with Gasteiger partial charge in [-0.3, -0.25) is 4.79 Å². The maximum Gasteiger partial charge on any atom is 0.287 e. The summed E-state index contributed by atoms with van der Waals surface area (Å²) in [5, 5.41) is 11.7. The molecule has 4 nitrogen and oxygen atoms in total. The van der Waals surface area contributed by atoms with Gasteiger partial charge in [0.05, 0.1) is 18.4 Å². The summed E-state index contributed by atoms with van der Waals surface area (Å²) in [4.78, 5) is 11.8. The van der Waals surface area contributed by atoms with Crippen LogP contribution in [-0.4, -0.2) is 29.4 Å². The summed E-state index contributed by atoms with van der Waals surface area (Å²) in [6.45, 7) is 3.57. The third-order valence-corrected chi connectivity index (χ3v) is 3.26. The van der Waals surface area contributed by atoms with Crippen molar-refractivity contribution in [1.82, 2.24) is 5.32 Å². The molecule has 1 aromatic rings. The Bertz CT molecular complexity index is 409. The lowest BCUT2D eigenvalue weighted by Crippen LogP contribution is -2.40. The summed E-state index contributed by atoms with van der Waals surface area (Å²) in [5.74, 6) is -2.45. The van der Waals surface area contributed by atoms with Gasteiger partial charge in [-0.05, 0) is 18.1 Å². The Morgan fingerprint density at radius 1 is 1.47 bits per heavy atom. The topological polar surface area (TPSA) is 62.5 Å². The number of halogens is 2.